The monoisotopic (exact) mass is 636 g/mol. The van der Waals surface area contributed by atoms with Crippen LogP contribution in [0.4, 0.5) is 0 Å². The number of carbonyl (C=O) groups is 7. The summed E-state index contributed by atoms with van der Waals surface area (Å²) in [5.74, 6) is -6.03. The van der Waals surface area contributed by atoms with E-state index in [-0.39, 0.29) is 0 Å². The van der Waals surface area contributed by atoms with Crippen LogP contribution in [0, 0.1) is 0 Å². The maximum atomic E-state index is 12.2. The zero-order chi connectivity index (χ0) is 33.3. The first-order valence-corrected chi connectivity index (χ1v) is 13.3. The molecule has 2 rings (SSSR count). The van der Waals surface area contributed by atoms with Gasteiger partial charge in [0, 0.05) is 48.5 Å². The van der Waals surface area contributed by atoms with E-state index >= 15 is 0 Å². The first-order chi connectivity index (χ1) is 20.5. The fourth-order valence-corrected chi connectivity index (χ4v) is 4.49. The van der Waals surface area contributed by atoms with E-state index in [0.29, 0.717) is 0 Å². The summed E-state index contributed by atoms with van der Waals surface area (Å²) in [4.78, 5) is 83.5. The molecule has 0 aliphatic carbocycles. The Labute approximate surface area is 251 Å². The summed E-state index contributed by atoms with van der Waals surface area (Å²) >= 11 is 0. The molecule has 44 heavy (non-hydrogen) atoms. The highest BCUT2D eigenvalue weighted by Gasteiger charge is 2.57. The highest BCUT2D eigenvalue weighted by molar-refractivity contribution is 5.69. The molecule has 18 heteroatoms. The van der Waals surface area contributed by atoms with E-state index < -0.39 is 116 Å². The SMILES string of the molecule is CC(=O)OCC1OC(O[C@H]2[C@H](OC(C)=O)[C@@H](OC(C)=O)C(O)O[C@@H]2COC(C)=O)C(OC(C)=O)C(OC(C)=O)C1OC(C)=O. The van der Waals surface area contributed by atoms with E-state index in [1.807, 2.05) is 0 Å². The topological polar surface area (TPSA) is 232 Å². The minimum atomic E-state index is -1.90. The van der Waals surface area contributed by atoms with Crippen LogP contribution in [0.3, 0.4) is 0 Å². The zero-order valence-electron chi connectivity index (χ0n) is 25.1. The van der Waals surface area contributed by atoms with Crippen molar-refractivity contribution < 1.29 is 86.0 Å². The van der Waals surface area contributed by atoms with Crippen molar-refractivity contribution in [2.24, 2.45) is 0 Å². The van der Waals surface area contributed by atoms with E-state index in [9.17, 15) is 38.7 Å². The first kappa shape index (κ1) is 36.3. The Kier molecular flexibility index (Phi) is 13.4. The minimum Gasteiger partial charge on any atom is -0.463 e. The predicted octanol–water partition coefficient (Wildman–Crippen LogP) is -1.40. The molecule has 0 aromatic heterocycles. The molecule has 10 atom stereocenters. The molecular weight excluding hydrogens is 600 g/mol. The molecule has 18 nitrogen and oxygen atoms in total. The van der Waals surface area contributed by atoms with Crippen LogP contribution in [-0.4, -0.2) is 122 Å². The average Bonchev–Trinajstić information content (AvgIpc) is 2.87. The van der Waals surface area contributed by atoms with Crippen LogP contribution in [0.5, 0.6) is 0 Å². The third-order valence-electron chi connectivity index (χ3n) is 5.90. The van der Waals surface area contributed by atoms with Crippen LogP contribution < -0.4 is 0 Å². The van der Waals surface area contributed by atoms with Crippen molar-refractivity contribution in [3.05, 3.63) is 0 Å². The van der Waals surface area contributed by atoms with E-state index in [1.54, 1.807) is 0 Å². The summed E-state index contributed by atoms with van der Waals surface area (Å²) < 4.78 is 54.1. The second kappa shape index (κ2) is 16.3. The molecule has 2 heterocycles. The van der Waals surface area contributed by atoms with Crippen molar-refractivity contribution in [1.82, 2.24) is 0 Å². The van der Waals surface area contributed by atoms with Gasteiger partial charge in [-0.05, 0) is 0 Å². The Hall–Kier alpha value is -3.87. The normalized spacial score (nSPS) is 31.5. The van der Waals surface area contributed by atoms with E-state index in [4.69, 9.17) is 47.4 Å². The molecule has 1 N–H and O–H groups in total. The van der Waals surface area contributed by atoms with Crippen LogP contribution >= 0.6 is 0 Å². The highest BCUT2D eigenvalue weighted by Crippen LogP contribution is 2.34. The van der Waals surface area contributed by atoms with Crippen molar-refractivity contribution in [1.29, 1.82) is 0 Å². The van der Waals surface area contributed by atoms with Crippen LogP contribution in [0.25, 0.3) is 0 Å². The van der Waals surface area contributed by atoms with Crippen molar-refractivity contribution >= 4 is 41.8 Å². The van der Waals surface area contributed by atoms with Gasteiger partial charge in [-0.15, -0.1) is 0 Å². The molecule has 0 saturated carbocycles. The molecule has 2 fully saturated rings. The van der Waals surface area contributed by atoms with Gasteiger partial charge in [0.1, 0.15) is 31.5 Å². The van der Waals surface area contributed by atoms with Crippen LogP contribution in [0.1, 0.15) is 48.5 Å². The maximum Gasteiger partial charge on any atom is 0.303 e. The molecular formula is C26H36O18. The molecule has 6 unspecified atom stereocenters. The Morgan fingerprint density at radius 2 is 0.841 bits per heavy atom. The van der Waals surface area contributed by atoms with E-state index in [1.165, 1.54) is 0 Å². The molecule has 0 aromatic rings. The molecule has 0 bridgehead atoms. The van der Waals surface area contributed by atoms with Crippen LogP contribution in [-0.2, 0) is 80.9 Å². The summed E-state index contributed by atoms with van der Waals surface area (Å²) in [6.07, 6.45) is -16.3. The number of ether oxygens (including phenoxy) is 10. The third kappa shape index (κ3) is 10.7. The number of aliphatic hydroxyl groups is 1. The van der Waals surface area contributed by atoms with Gasteiger partial charge in [0.25, 0.3) is 0 Å². The van der Waals surface area contributed by atoms with Gasteiger partial charge in [0.05, 0.1) is 0 Å². The molecule has 2 aliphatic rings. The number of hydrogen-bond acceptors (Lipinski definition) is 18. The number of hydrogen-bond donors (Lipinski definition) is 1. The maximum absolute atomic E-state index is 12.2. The van der Waals surface area contributed by atoms with Gasteiger partial charge in [0.15, 0.2) is 43.1 Å². The fourth-order valence-electron chi connectivity index (χ4n) is 4.49. The lowest BCUT2D eigenvalue weighted by Gasteiger charge is -2.48. The van der Waals surface area contributed by atoms with Crippen LogP contribution in [0.2, 0.25) is 0 Å². The number of rotatable bonds is 11. The minimum absolute atomic E-state index is 0.572. The standard InChI is InChI=1S/C26H36O18/c1-10(27)35-8-17-20(21(38-13(4)30)23(25(34)42-17)40-15(6)32)44-26-24(41-16(7)33)22(39-14(5)31)19(37-12(3)29)18(43-26)9-36-11(2)28/h17-26,34H,8-9H2,1-7H3/t17-,18?,19?,20-,21+,22?,23-,24?,25?,26?/m1/s1. The summed E-state index contributed by atoms with van der Waals surface area (Å²) in [6.45, 7) is 6.11. The summed E-state index contributed by atoms with van der Waals surface area (Å²) in [6, 6.07) is 0. The molecule has 248 valence electrons. The third-order valence-corrected chi connectivity index (χ3v) is 5.90. The lowest BCUT2D eigenvalue weighted by molar-refractivity contribution is -0.357. The zero-order valence-corrected chi connectivity index (χ0v) is 25.1. The Morgan fingerprint density at radius 3 is 1.27 bits per heavy atom. The van der Waals surface area contributed by atoms with Crippen molar-refractivity contribution in [2.45, 2.75) is 110 Å². The summed E-state index contributed by atoms with van der Waals surface area (Å²) in [5.41, 5.74) is 0. The number of aliphatic hydroxyl groups excluding tert-OH is 1. The highest BCUT2D eigenvalue weighted by atomic mass is 16.8. The molecule has 0 aromatic carbocycles. The average molecular weight is 637 g/mol. The summed E-state index contributed by atoms with van der Waals surface area (Å²) in [5, 5.41) is 10.6. The van der Waals surface area contributed by atoms with Gasteiger partial charge in [-0.25, -0.2) is 0 Å². The smallest absolute Gasteiger partial charge is 0.303 e. The van der Waals surface area contributed by atoms with Crippen LogP contribution in [0.15, 0.2) is 0 Å². The van der Waals surface area contributed by atoms with Gasteiger partial charge in [-0.3, -0.25) is 33.6 Å². The number of esters is 7. The Morgan fingerprint density at radius 1 is 0.477 bits per heavy atom. The van der Waals surface area contributed by atoms with E-state index in [2.05, 4.69) is 0 Å². The van der Waals surface area contributed by atoms with Gasteiger partial charge in [-0.1, -0.05) is 0 Å². The van der Waals surface area contributed by atoms with Crippen molar-refractivity contribution in [3.63, 3.8) is 0 Å². The lowest BCUT2D eigenvalue weighted by atomic mass is 9.96. The molecule has 0 amide bonds. The Bertz CT molecular complexity index is 1090. The van der Waals surface area contributed by atoms with Gasteiger partial charge in [-0.2, -0.15) is 0 Å². The number of carbonyl (C=O) groups excluding carboxylic acids is 7. The second-order valence-electron chi connectivity index (χ2n) is 9.68. The van der Waals surface area contributed by atoms with Crippen molar-refractivity contribution in [2.75, 3.05) is 13.2 Å². The van der Waals surface area contributed by atoms with Gasteiger partial charge >= 0.3 is 41.8 Å². The quantitative estimate of drug-likeness (QED) is 0.203. The van der Waals surface area contributed by atoms with Gasteiger partial charge in [0.2, 0.25) is 0 Å². The van der Waals surface area contributed by atoms with E-state index in [0.717, 1.165) is 48.5 Å². The first-order valence-electron chi connectivity index (χ1n) is 13.3. The Balaban J connectivity index is 2.66. The fraction of sp³-hybridized carbons (Fsp3) is 0.731. The molecule has 0 spiro atoms. The second-order valence-corrected chi connectivity index (χ2v) is 9.68. The predicted molar refractivity (Wildman–Crippen MR) is 135 cm³/mol. The van der Waals surface area contributed by atoms with Crippen molar-refractivity contribution in [3.8, 4) is 0 Å². The lowest BCUT2D eigenvalue weighted by Crippen LogP contribution is -2.67. The van der Waals surface area contributed by atoms with Gasteiger partial charge < -0.3 is 52.5 Å². The molecule has 2 aliphatic heterocycles. The molecule has 2 saturated heterocycles. The largest absolute Gasteiger partial charge is 0.463 e. The summed E-state index contributed by atoms with van der Waals surface area (Å²) in [7, 11) is 0. The molecule has 0 radical (unpaired) electrons.